The molecule has 100 valence electrons. The van der Waals surface area contributed by atoms with Gasteiger partial charge in [-0.1, -0.05) is 23.1 Å². The Labute approximate surface area is 120 Å². The molecule has 7 nitrogen and oxygen atoms in total. The molecule has 1 fully saturated rings. The van der Waals surface area contributed by atoms with Crippen LogP contribution in [0.1, 0.15) is 6.42 Å². The summed E-state index contributed by atoms with van der Waals surface area (Å²) in [6.45, 7) is 0. The summed E-state index contributed by atoms with van der Waals surface area (Å²) in [5.41, 5.74) is 5.56. The second-order valence-corrected chi connectivity index (χ2v) is 7.34. The fourth-order valence-corrected chi connectivity index (χ4v) is 5.03. The Hall–Kier alpha value is -1.26. The molecule has 10 heteroatoms. The highest BCUT2D eigenvalue weighted by molar-refractivity contribution is 8.07. The van der Waals surface area contributed by atoms with Crippen LogP contribution in [0.25, 0.3) is 0 Å². The first kappa shape index (κ1) is 12.8. The third-order valence-corrected chi connectivity index (χ3v) is 5.94. The first-order valence-corrected chi connectivity index (χ1v) is 7.91. The van der Waals surface area contributed by atoms with Gasteiger partial charge in [0.1, 0.15) is 5.70 Å². The molecular formula is C9H8N4O3S3. The number of hydrogen-bond acceptors (Lipinski definition) is 8. The maximum absolute atomic E-state index is 11.5. The average Bonchev–Trinajstić information content (AvgIpc) is 2.74. The molecule has 3 heterocycles. The summed E-state index contributed by atoms with van der Waals surface area (Å²) in [7, 11) is 0. The van der Waals surface area contributed by atoms with E-state index < -0.39 is 5.97 Å². The van der Waals surface area contributed by atoms with Gasteiger partial charge in [0, 0.05) is 10.7 Å². The lowest BCUT2D eigenvalue weighted by Gasteiger charge is -2.43. The summed E-state index contributed by atoms with van der Waals surface area (Å²) in [5, 5.41) is 17.1. The molecular weight excluding hydrogens is 308 g/mol. The molecule has 3 N–H and O–H groups in total. The largest absolute Gasteiger partial charge is 0.477 e. The van der Waals surface area contributed by atoms with Gasteiger partial charge in [-0.2, -0.15) is 0 Å². The number of hydrogen-bond donors (Lipinski definition) is 2. The van der Waals surface area contributed by atoms with E-state index in [-0.39, 0.29) is 17.0 Å². The third kappa shape index (κ3) is 2.19. The molecule has 0 saturated carbocycles. The van der Waals surface area contributed by atoms with E-state index in [4.69, 9.17) is 5.73 Å². The van der Waals surface area contributed by atoms with Crippen LogP contribution in [0.15, 0.2) is 14.9 Å². The van der Waals surface area contributed by atoms with Crippen LogP contribution in [-0.4, -0.2) is 43.2 Å². The van der Waals surface area contributed by atoms with Crippen LogP contribution in [0.2, 0.25) is 0 Å². The number of nitrogens with zero attached hydrogens (tertiary/aromatic N) is 3. The number of rotatable bonds is 3. The summed E-state index contributed by atoms with van der Waals surface area (Å²) < 4.78 is 0.582. The minimum absolute atomic E-state index is 0.0394. The van der Waals surface area contributed by atoms with Crippen molar-refractivity contribution in [2.24, 2.45) is 0 Å². The van der Waals surface area contributed by atoms with Gasteiger partial charge in [-0.25, -0.2) is 4.79 Å². The van der Waals surface area contributed by atoms with Gasteiger partial charge in [-0.15, -0.1) is 22.0 Å². The number of fused-ring (bicyclic) bond motifs is 1. The van der Waals surface area contributed by atoms with Gasteiger partial charge in [0.2, 0.25) is 11.0 Å². The highest BCUT2D eigenvalue weighted by Gasteiger charge is 2.45. The highest BCUT2D eigenvalue weighted by Crippen LogP contribution is 2.45. The number of amides is 1. The monoisotopic (exact) mass is 316 g/mol. The fourth-order valence-electron chi connectivity index (χ4n) is 1.83. The van der Waals surface area contributed by atoms with Gasteiger partial charge in [-0.05, 0) is 0 Å². The molecule has 2 aliphatic rings. The molecule has 1 atom stereocenters. The molecule has 3 rings (SSSR count). The van der Waals surface area contributed by atoms with Crippen molar-refractivity contribution in [3.8, 4) is 0 Å². The predicted octanol–water partition coefficient (Wildman–Crippen LogP) is 0.814. The van der Waals surface area contributed by atoms with Crippen molar-refractivity contribution in [1.82, 2.24) is 15.1 Å². The predicted molar refractivity (Wildman–Crippen MR) is 72.5 cm³/mol. The maximum Gasteiger partial charge on any atom is 0.353 e. The van der Waals surface area contributed by atoms with E-state index in [1.54, 1.807) is 11.8 Å². The smallest absolute Gasteiger partial charge is 0.353 e. The first-order valence-electron chi connectivity index (χ1n) is 5.23. The number of β-lactam (4-membered cyclic amide) rings is 1. The summed E-state index contributed by atoms with van der Waals surface area (Å²) in [5.74, 6) is -0.678. The Morgan fingerprint density at radius 2 is 2.32 bits per heavy atom. The lowest BCUT2D eigenvalue weighted by atomic mass is 10.1. The zero-order valence-corrected chi connectivity index (χ0v) is 11.8. The molecule has 1 aromatic rings. The molecule has 19 heavy (non-hydrogen) atoms. The van der Waals surface area contributed by atoms with Crippen LogP contribution in [0.5, 0.6) is 0 Å². The van der Waals surface area contributed by atoms with Crippen LogP contribution in [0.3, 0.4) is 0 Å². The van der Waals surface area contributed by atoms with Crippen LogP contribution in [0.4, 0.5) is 5.13 Å². The molecule has 0 radical (unpaired) electrons. The topological polar surface area (TPSA) is 109 Å². The molecule has 1 aromatic heterocycles. The van der Waals surface area contributed by atoms with Crippen LogP contribution >= 0.6 is 34.9 Å². The van der Waals surface area contributed by atoms with E-state index in [0.29, 0.717) is 26.6 Å². The maximum atomic E-state index is 11.5. The van der Waals surface area contributed by atoms with E-state index in [1.165, 1.54) is 28.0 Å². The zero-order chi connectivity index (χ0) is 13.6. The first-order chi connectivity index (χ1) is 9.06. The average molecular weight is 316 g/mol. The summed E-state index contributed by atoms with van der Waals surface area (Å²) in [6.07, 6.45) is 0.408. The highest BCUT2D eigenvalue weighted by atomic mass is 32.2. The Bertz CT molecular complexity index is 599. The number of carbonyl (C=O) groups is 2. The van der Waals surface area contributed by atoms with E-state index in [9.17, 15) is 14.7 Å². The molecule has 0 bridgehead atoms. The van der Waals surface area contributed by atoms with Crippen molar-refractivity contribution in [3.05, 3.63) is 10.6 Å². The zero-order valence-electron chi connectivity index (χ0n) is 9.40. The number of nitrogen functional groups attached to an aromatic ring is 1. The van der Waals surface area contributed by atoms with E-state index in [1.807, 2.05) is 0 Å². The van der Waals surface area contributed by atoms with Crippen molar-refractivity contribution in [2.75, 3.05) is 11.5 Å². The number of carbonyl (C=O) groups excluding carboxylic acids is 1. The molecule has 2 aliphatic heterocycles. The number of nitrogens with two attached hydrogens (primary N) is 1. The Morgan fingerprint density at radius 3 is 2.89 bits per heavy atom. The van der Waals surface area contributed by atoms with E-state index >= 15 is 0 Å². The van der Waals surface area contributed by atoms with Crippen molar-refractivity contribution >= 4 is 51.9 Å². The second-order valence-electron chi connectivity index (χ2n) is 3.82. The van der Waals surface area contributed by atoms with Gasteiger partial charge in [0.25, 0.3) is 0 Å². The number of anilines is 1. The van der Waals surface area contributed by atoms with Crippen LogP contribution in [-0.2, 0) is 9.59 Å². The normalized spacial score (nSPS) is 22.2. The SMILES string of the molecule is Nc1nnc(SC2=C(C(=O)O)N3C(=O)CC3SC2)s1. The van der Waals surface area contributed by atoms with Crippen molar-refractivity contribution in [3.63, 3.8) is 0 Å². The summed E-state index contributed by atoms with van der Waals surface area (Å²) in [6, 6.07) is 0. The van der Waals surface area contributed by atoms with Crippen LogP contribution in [0, 0.1) is 0 Å². The number of aliphatic carboxylic acids is 1. The standard InChI is InChI=1S/C9H8N4O3S3/c10-8-11-12-9(19-8)18-3-2-17-5-1-4(14)13(5)6(3)7(15)16/h5H,1-2H2,(H2,10,11)(H,15,16). The number of thioether (sulfide) groups is 2. The van der Waals surface area contributed by atoms with Gasteiger partial charge < -0.3 is 10.8 Å². The molecule has 0 aromatic carbocycles. The molecule has 1 unspecified atom stereocenters. The van der Waals surface area contributed by atoms with Gasteiger partial charge in [-0.3, -0.25) is 9.69 Å². The quantitative estimate of drug-likeness (QED) is 0.789. The Morgan fingerprint density at radius 1 is 1.53 bits per heavy atom. The van der Waals surface area contributed by atoms with Crippen molar-refractivity contribution < 1.29 is 14.7 Å². The van der Waals surface area contributed by atoms with Crippen molar-refractivity contribution in [1.29, 1.82) is 0 Å². The van der Waals surface area contributed by atoms with Gasteiger partial charge >= 0.3 is 5.97 Å². The van der Waals surface area contributed by atoms with E-state index in [0.717, 1.165) is 0 Å². The van der Waals surface area contributed by atoms with Gasteiger partial charge in [0.05, 0.1) is 11.8 Å². The Kier molecular flexibility index (Phi) is 3.15. The summed E-state index contributed by atoms with van der Waals surface area (Å²) >= 11 is 3.97. The number of aromatic nitrogens is 2. The second kappa shape index (κ2) is 4.69. The minimum atomic E-state index is -1.08. The molecule has 0 aliphatic carbocycles. The molecule has 1 amide bonds. The lowest BCUT2D eigenvalue weighted by molar-refractivity contribution is -0.146. The molecule has 0 spiro atoms. The fraction of sp³-hybridized carbons (Fsp3) is 0.333. The van der Waals surface area contributed by atoms with Crippen molar-refractivity contribution in [2.45, 2.75) is 16.1 Å². The van der Waals surface area contributed by atoms with Gasteiger partial charge in [0.15, 0.2) is 4.34 Å². The van der Waals surface area contributed by atoms with E-state index in [2.05, 4.69) is 10.2 Å². The Balaban J connectivity index is 1.93. The summed E-state index contributed by atoms with van der Waals surface area (Å²) in [4.78, 5) is 24.9. The lowest BCUT2D eigenvalue weighted by Crippen LogP contribution is -2.53. The third-order valence-electron chi connectivity index (χ3n) is 2.65. The number of carboxylic acid groups (broad SMARTS) is 1. The minimum Gasteiger partial charge on any atom is -0.477 e. The molecule has 1 saturated heterocycles. The number of carboxylic acids is 1. The van der Waals surface area contributed by atoms with Crippen LogP contribution < -0.4 is 5.73 Å².